The molecule has 0 aromatic heterocycles. The Bertz CT molecular complexity index is 1680. The Hall–Kier alpha value is -4.51. The molecule has 4 aromatic rings. The van der Waals surface area contributed by atoms with Gasteiger partial charge in [0.1, 0.15) is 0 Å². The fraction of sp³-hybridized carbons (Fsp3) is 0.206. The molecule has 5 heteroatoms. The second-order valence-corrected chi connectivity index (χ2v) is 11.2. The number of imide groups is 1. The van der Waals surface area contributed by atoms with E-state index in [9.17, 15) is 14.4 Å². The minimum absolute atomic E-state index is 0.217. The summed E-state index contributed by atoms with van der Waals surface area (Å²) >= 11 is 0. The number of anilines is 2. The Balaban J connectivity index is 1.34. The zero-order chi connectivity index (χ0) is 27.1. The highest BCUT2D eigenvalue weighted by molar-refractivity contribution is 6.27. The largest absolute Gasteiger partial charge is 0.322 e. The Morgan fingerprint density at radius 2 is 1.36 bits per heavy atom. The van der Waals surface area contributed by atoms with Crippen LogP contribution in [0.3, 0.4) is 0 Å². The van der Waals surface area contributed by atoms with Crippen molar-refractivity contribution in [1.29, 1.82) is 0 Å². The summed E-state index contributed by atoms with van der Waals surface area (Å²) in [6, 6.07) is 29.0. The first-order chi connectivity index (χ1) is 18.8. The molecule has 1 heterocycles. The average Bonchev–Trinajstić information content (AvgIpc) is 3.15. The Labute approximate surface area is 227 Å². The summed E-state index contributed by atoms with van der Waals surface area (Å²) in [5.74, 6) is -1.85. The molecule has 39 heavy (non-hydrogen) atoms. The number of rotatable bonds is 3. The van der Waals surface area contributed by atoms with Gasteiger partial charge in [0.05, 0.1) is 22.6 Å². The van der Waals surface area contributed by atoms with Crippen LogP contribution >= 0.6 is 0 Å². The molecule has 3 aliphatic carbocycles. The lowest BCUT2D eigenvalue weighted by molar-refractivity contribution is -0.128. The molecule has 4 aliphatic rings. The van der Waals surface area contributed by atoms with E-state index in [1.54, 1.807) is 24.3 Å². The van der Waals surface area contributed by atoms with Crippen LogP contribution in [-0.2, 0) is 9.59 Å². The molecule has 1 N–H and O–H groups in total. The molecule has 1 fully saturated rings. The zero-order valence-electron chi connectivity index (χ0n) is 22.1. The predicted octanol–water partition coefficient (Wildman–Crippen LogP) is 6.34. The molecule has 4 aromatic carbocycles. The number of nitrogens with one attached hydrogen (secondary N) is 1. The molecule has 8 rings (SSSR count). The summed E-state index contributed by atoms with van der Waals surface area (Å²) in [7, 11) is 0. The smallest absolute Gasteiger partial charge is 0.257 e. The lowest BCUT2D eigenvalue weighted by Gasteiger charge is -2.51. The van der Waals surface area contributed by atoms with Gasteiger partial charge in [-0.3, -0.25) is 14.4 Å². The quantitative estimate of drug-likeness (QED) is 0.326. The summed E-state index contributed by atoms with van der Waals surface area (Å²) in [5, 5.41) is 2.96. The molecular formula is C34H28N2O3. The van der Waals surface area contributed by atoms with Gasteiger partial charge in [0, 0.05) is 17.5 Å². The minimum atomic E-state index is -0.956. The van der Waals surface area contributed by atoms with E-state index in [1.165, 1.54) is 4.90 Å². The van der Waals surface area contributed by atoms with Crippen LogP contribution in [0.1, 0.15) is 62.5 Å². The van der Waals surface area contributed by atoms with Gasteiger partial charge < -0.3 is 5.32 Å². The number of nitrogens with zero attached hydrogens (tertiary/aromatic N) is 1. The summed E-state index contributed by atoms with van der Waals surface area (Å²) in [5.41, 5.74) is 7.00. The lowest BCUT2D eigenvalue weighted by Crippen LogP contribution is -2.49. The Kier molecular flexibility index (Phi) is 4.99. The molecular weight excluding hydrogens is 484 g/mol. The SMILES string of the molecule is Cc1ccc(NC(=O)c2ccccc2N2C(=O)[C@H]3C4c5ccccc5C(c5ccccc54)[C@]3(C)C2=O)cc1C. The molecule has 2 bridgehead atoms. The number of carbonyl (C=O) groups is 3. The molecule has 1 saturated heterocycles. The number of benzene rings is 4. The second-order valence-electron chi connectivity index (χ2n) is 11.2. The third-order valence-electron chi connectivity index (χ3n) is 9.17. The van der Waals surface area contributed by atoms with Crippen LogP contribution in [0.2, 0.25) is 0 Å². The van der Waals surface area contributed by atoms with Crippen LogP contribution in [0.4, 0.5) is 11.4 Å². The van der Waals surface area contributed by atoms with Crippen molar-refractivity contribution in [1.82, 2.24) is 0 Å². The van der Waals surface area contributed by atoms with Crippen LogP contribution < -0.4 is 10.2 Å². The number of amides is 3. The maximum Gasteiger partial charge on any atom is 0.257 e. The molecule has 0 saturated carbocycles. The van der Waals surface area contributed by atoms with Gasteiger partial charge in [-0.15, -0.1) is 0 Å². The molecule has 1 aliphatic heterocycles. The summed E-state index contributed by atoms with van der Waals surface area (Å²) < 4.78 is 0. The minimum Gasteiger partial charge on any atom is -0.322 e. The van der Waals surface area contributed by atoms with E-state index in [4.69, 9.17) is 0 Å². The summed E-state index contributed by atoms with van der Waals surface area (Å²) in [4.78, 5) is 43.6. The standard InChI is InChI=1S/C34H28N2O3/c1-19-16-17-21(18-20(19)2)35-31(37)26-14-8-9-15-27(26)36-32(38)30-28-22-10-4-6-12-24(22)29(34(30,3)33(36)39)25-13-7-5-11-23(25)28/h4-18,28-30H,1-3H3,(H,35,37)/t28?,29?,30-,34+/m1/s1. The monoisotopic (exact) mass is 512 g/mol. The van der Waals surface area contributed by atoms with E-state index >= 15 is 0 Å². The van der Waals surface area contributed by atoms with Gasteiger partial charge >= 0.3 is 0 Å². The third-order valence-corrected chi connectivity index (χ3v) is 9.17. The van der Waals surface area contributed by atoms with Crippen LogP contribution in [0.15, 0.2) is 91.0 Å². The lowest BCUT2D eigenvalue weighted by atomic mass is 9.48. The second kappa shape index (κ2) is 8.24. The fourth-order valence-electron chi connectivity index (χ4n) is 7.22. The summed E-state index contributed by atoms with van der Waals surface area (Å²) in [6.07, 6.45) is 0. The third kappa shape index (κ3) is 3.10. The van der Waals surface area contributed by atoms with Crippen LogP contribution in [0.25, 0.3) is 0 Å². The first-order valence-corrected chi connectivity index (χ1v) is 13.4. The van der Waals surface area contributed by atoms with E-state index in [0.29, 0.717) is 16.9 Å². The molecule has 0 radical (unpaired) electrons. The van der Waals surface area contributed by atoms with Gasteiger partial charge in [0.25, 0.3) is 5.91 Å². The topological polar surface area (TPSA) is 66.5 Å². The maximum absolute atomic E-state index is 14.5. The van der Waals surface area contributed by atoms with Crippen molar-refractivity contribution in [2.45, 2.75) is 32.6 Å². The highest BCUT2D eigenvalue weighted by atomic mass is 16.2. The highest BCUT2D eigenvalue weighted by Gasteiger charge is 2.69. The van der Waals surface area contributed by atoms with E-state index < -0.39 is 11.3 Å². The number of aryl methyl sites for hydroxylation is 2. The van der Waals surface area contributed by atoms with Crippen molar-refractivity contribution < 1.29 is 14.4 Å². The Morgan fingerprint density at radius 3 is 2.00 bits per heavy atom. The molecule has 3 amide bonds. The van der Waals surface area contributed by atoms with Gasteiger partial charge in [-0.05, 0) is 78.4 Å². The van der Waals surface area contributed by atoms with E-state index in [-0.39, 0.29) is 29.6 Å². The van der Waals surface area contributed by atoms with Gasteiger partial charge in [-0.1, -0.05) is 66.7 Å². The molecule has 2 atom stereocenters. The average molecular weight is 513 g/mol. The number of para-hydroxylation sites is 1. The molecule has 5 nitrogen and oxygen atoms in total. The van der Waals surface area contributed by atoms with Crippen molar-refractivity contribution in [3.05, 3.63) is 130 Å². The van der Waals surface area contributed by atoms with E-state index in [0.717, 1.165) is 33.4 Å². The number of hydrogen-bond acceptors (Lipinski definition) is 3. The van der Waals surface area contributed by atoms with Crippen molar-refractivity contribution in [3.8, 4) is 0 Å². The first-order valence-electron chi connectivity index (χ1n) is 13.4. The number of hydrogen-bond donors (Lipinski definition) is 1. The van der Waals surface area contributed by atoms with E-state index in [1.807, 2.05) is 63.2 Å². The molecule has 0 unspecified atom stereocenters. The maximum atomic E-state index is 14.5. The Morgan fingerprint density at radius 1 is 0.769 bits per heavy atom. The highest BCUT2D eigenvalue weighted by Crippen LogP contribution is 2.67. The van der Waals surface area contributed by atoms with Gasteiger partial charge in [-0.2, -0.15) is 0 Å². The van der Waals surface area contributed by atoms with Gasteiger partial charge in [0.2, 0.25) is 11.8 Å². The van der Waals surface area contributed by atoms with Crippen molar-refractivity contribution in [2.24, 2.45) is 11.3 Å². The zero-order valence-corrected chi connectivity index (χ0v) is 22.1. The first kappa shape index (κ1) is 23.6. The van der Waals surface area contributed by atoms with Gasteiger partial charge in [-0.25, -0.2) is 4.90 Å². The number of carbonyl (C=O) groups excluding carboxylic acids is 3. The normalized spacial score (nSPS) is 24.3. The van der Waals surface area contributed by atoms with Crippen molar-refractivity contribution >= 4 is 29.1 Å². The van der Waals surface area contributed by atoms with Crippen LogP contribution in [0, 0.1) is 25.2 Å². The van der Waals surface area contributed by atoms with Gasteiger partial charge in [0.15, 0.2) is 0 Å². The van der Waals surface area contributed by atoms with Crippen molar-refractivity contribution in [3.63, 3.8) is 0 Å². The summed E-state index contributed by atoms with van der Waals surface area (Å²) in [6.45, 7) is 5.96. The van der Waals surface area contributed by atoms with Crippen LogP contribution in [0.5, 0.6) is 0 Å². The van der Waals surface area contributed by atoms with E-state index in [2.05, 4.69) is 29.6 Å². The van der Waals surface area contributed by atoms with Crippen LogP contribution in [-0.4, -0.2) is 17.7 Å². The fourth-order valence-corrected chi connectivity index (χ4v) is 7.22. The molecule has 0 spiro atoms. The molecule has 192 valence electrons. The van der Waals surface area contributed by atoms with Crippen molar-refractivity contribution in [2.75, 3.05) is 10.2 Å². The predicted molar refractivity (Wildman–Crippen MR) is 151 cm³/mol.